The van der Waals surface area contributed by atoms with Crippen molar-refractivity contribution in [2.24, 2.45) is 0 Å². The van der Waals surface area contributed by atoms with Gasteiger partial charge in [0.05, 0.1) is 12.8 Å². The van der Waals surface area contributed by atoms with Gasteiger partial charge in [-0.3, -0.25) is 9.59 Å². The zero-order valence-corrected chi connectivity index (χ0v) is 5.20. The molecule has 54 valence electrons. The van der Waals surface area contributed by atoms with E-state index in [1.807, 2.05) is 0 Å². The zero-order chi connectivity index (χ0) is 7.14. The van der Waals surface area contributed by atoms with E-state index in [0.717, 1.165) is 0 Å². The highest BCUT2D eigenvalue weighted by molar-refractivity contribution is 5.79. The van der Waals surface area contributed by atoms with E-state index in [4.69, 9.17) is 0 Å². The Labute approximate surface area is 57.1 Å². The fourth-order valence-electron chi connectivity index (χ4n) is 1.06. The molecule has 2 saturated heterocycles. The van der Waals surface area contributed by atoms with Crippen molar-refractivity contribution in [3.05, 3.63) is 0 Å². The first-order chi connectivity index (χ1) is 4.75. The van der Waals surface area contributed by atoms with Crippen LogP contribution in [-0.4, -0.2) is 24.1 Å². The summed E-state index contributed by atoms with van der Waals surface area (Å²) in [5.41, 5.74) is 0. The molecule has 2 heterocycles. The third-order valence-corrected chi connectivity index (χ3v) is 1.72. The van der Waals surface area contributed by atoms with E-state index in [0.29, 0.717) is 12.8 Å². The smallest absolute Gasteiger partial charge is 0.310 e. The van der Waals surface area contributed by atoms with Crippen molar-refractivity contribution in [3.63, 3.8) is 0 Å². The van der Waals surface area contributed by atoms with Crippen molar-refractivity contribution in [1.29, 1.82) is 0 Å². The van der Waals surface area contributed by atoms with E-state index in [2.05, 4.69) is 9.47 Å². The Morgan fingerprint density at radius 2 is 1.30 bits per heavy atom. The highest BCUT2D eigenvalue weighted by Crippen LogP contribution is 2.27. The van der Waals surface area contributed by atoms with Crippen LogP contribution in [0.2, 0.25) is 0 Å². The quantitative estimate of drug-likeness (QED) is 0.468. The lowest BCUT2D eigenvalue weighted by molar-refractivity contribution is -0.206. The Bertz CT molecular complexity index is 160. The summed E-state index contributed by atoms with van der Waals surface area (Å²) in [6.45, 7) is 0. The Morgan fingerprint density at radius 1 is 1.00 bits per heavy atom. The second kappa shape index (κ2) is 1.71. The van der Waals surface area contributed by atoms with E-state index in [-0.39, 0.29) is 24.1 Å². The Hall–Kier alpha value is -1.06. The Kier molecular flexibility index (Phi) is 0.977. The number of ether oxygens (including phenoxy) is 2. The van der Waals surface area contributed by atoms with E-state index >= 15 is 0 Å². The van der Waals surface area contributed by atoms with Crippen LogP contribution in [0.25, 0.3) is 0 Å². The van der Waals surface area contributed by atoms with Crippen LogP contribution in [0, 0.1) is 0 Å². The summed E-state index contributed by atoms with van der Waals surface area (Å²) in [5.74, 6) is -0.402. The van der Waals surface area contributed by atoms with Gasteiger partial charge in [0.15, 0.2) is 0 Å². The summed E-state index contributed by atoms with van der Waals surface area (Å²) < 4.78 is 9.35. The molecule has 2 aliphatic heterocycles. The van der Waals surface area contributed by atoms with Crippen LogP contribution in [0.3, 0.4) is 0 Å². The molecule has 0 bridgehead atoms. The first-order valence-corrected chi connectivity index (χ1v) is 3.14. The van der Waals surface area contributed by atoms with E-state index in [1.165, 1.54) is 0 Å². The maximum Gasteiger partial charge on any atom is 0.310 e. The number of esters is 2. The molecular formula is C6H6O4. The van der Waals surface area contributed by atoms with Crippen molar-refractivity contribution in [2.75, 3.05) is 0 Å². The molecule has 0 aromatic heterocycles. The summed E-state index contributed by atoms with van der Waals surface area (Å²) in [4.78, 5) is 20.5. The summed E-state index contributed by atoms with van der Waals surface area (Å²) in [5, 5.41) is 0. The van der Waals surface area contributed by atoms with Gasteiger partial charge in [-0.15, -0.1) is 0 Å². The fourth-order valence-corrected chi connectivity index (χ4v) is 1.06. The molecule has 0 saturated carbocycles. The molecule has 0 aromatic carbocycles. The molecule has 0 spiro atoms. The van der Waals surface area contributed by atoms with Gasteiger partial charge in [0.1, 0.15) is 12.2 Å². The van der Waals surface area contributed by atoms with Gasteiger partial charge in [-0.2, -0.15) is 0 Å². The normalized spacial score (nSPS) is 37.2. The second-order valence-corrected chi connectivity index (χ2v) is 2.46. The molecule has 4 nitrogen and oxygen atoms in total. The molecule has 0 N–H and O–H groups in total. The van der Waals surface area contributed by atoms with Crippen LogP contribution in [0.15, 0.2) is 0 Å². The molecule has 0 aromatic rings. The first-order valence-electron chi connectivity index (χ1n) is 3.14. The van der Waals surface area contributed by atoms with Crippen LogP contribution in [0.5, 0.6) is 0 Å². The SMILES string of the molecule is O=C1CC(C2CC(=O)O2)O1. The molecule has 2 rings (SSSR count). The average molecular weight is 142 g/mol. The number of carbonyl (C=O) groups is 2. The lowest BCUT2D eigenvalue weighted by Gasteiger charge is -2.36. The van der Waals surface area contributed by atoms with Gasteiger partial charge in [-0.1, -0.05) is 0 Å². The van der Waals surface area contributed by atoms with Crippen LogP contribution in [0.1, 0.15) is 12.8 Å². The van der Waals surface area contributed by atoms with Crippen molar-refractivity contribution >= 4 is 11.9 Å². The number of hydrogen-bond acceptors (Lipinski definition) is 4. The number of carbonyl (C=O) groups excluding carboxylic acids is 2. The summed E-state index contributed by atoms with van der Waals surface area (Å²) >= 11 is 0. The molecule has 0 radical (unpaired) electrons. The maximum absolute atomic E-state index is 10.3. The predicted molar refractivity (Wildman–Crippen MR) is 29.0 cm³/mol. The Morgan fingerprint density at radius 3 is 1.50 bits per heavy atom. The number of hydrogen-bond donors (Lipinski definition) is 0. The van der Waals surface area contributed by atoms with Crippen LogP contribution in [-0.2, 0) is 19.1 Å². The molecule has 0 aliphatic carbocycles. The molecule has 0 amide bonds. The van der Waals surface area contributed by atoms with Crippen molar-refractivity contribution in [3.8, 4) is 0 Å². The molecule has 10 heavy (non-hydrogen) atoms. The molecule has 2 fully saturated rings. The average Bonchev–Trinajstić information content (AvgIpc) is 1.74. The molecular weight excluding hydrogens is 136 g/mol. The summed E-state index contributed by atoms with van der Waals surface area (Å²) in [6, 6.07) is 0. The van der Waals surface area contributed by atoms with Crippen LogP contribution >= 0.6 is 0 Å². The zero-order valence-electron chi connectivity index (χ0n) is 5.20. The van der Waals surface area contributed by atoms with Gasteiger partial charge < -0.3 is 9.47 Å². The van der Waals surface area contributed by atoms with Crippen molar-refractivity contribution in [1.82, 2.24) is 0 Å². The van der Waals surface area contributed by atoms with Crippen molar-refractivity contribution < 1.29 is 19.1 Å². The maximum atomic E-state index is 10.3. The topological polar surface area (TPSA) is 52.6 Å². The van der Waals surface area contributed by atoms with E-state index in [1.54, 1.807) is 0 Å². The highest BCUT2D eigenvalue weighted by Gasteiger charge is 2.44. The minimum absolute atomic E-state index is 0.148. The minimum Gasteiger partial charge on any atom is -0.458 e. The minimum atomic E-state index is -0.201. The lowest BCUT2D eigenvalue weighted by Crippen LogP contribution is -2.50. The van der Waals surface area contributed by atoms with Crippen LogP contribution in [0.4, 0.5) is 0 Å². The third-order valence-electron chi connectivity index (χ3n) is 1.72. The standard InChI is InChI=1S/C6H6O4/c7-5-1-3(9-5)4-2-6(8)10-4/h3-4H,1-2H2. The van der Waals surface area contributed by atoms with Gasteiger partial charge in [-0.05, 0) is 0 Å². The molecule has 4 heteroatoms. The molecule has 2 aliphatic rings. The second-order valence-electron chi connectivity index (χ2n) is 2.46. The molecule has 2 atom stereocenters. The van der Waals surface area contributed by atoms with Crippen molar-refractivity contribution in [2.45, 2.75) is 25.0 Å². The van der Waals surface area contributed by atoms with Crippen LogP contribution < -0.4 is 0 Å². The van der Waals surface area contributed by atoms with E-state index in [9.17, 15) is 9.59 Å². The molecule has 2 unspecified atom stereocenters. The predicted octanol–water partition coefficient (Wildman–Crippen LogP) is -0.383. The van der Waals surface area contributed by atoms with Gasteiger partial charge in [0.2, 0.25) is 0 Å². The number of cyclic esters (lactones) is 2. The highest BCUT2D eigenvalue weighted by atomic mass is 16.6. The lowest BCUT2D eigenvalue weighted by atomic mass is 10.0. The van der Waals surface area contributed by atoms with Gasteiger partial charge in [0.25, 0.3) is 0 Å². The Balaban J connectivity index is 1.82. The summed E-state index contributed by atoms with van der Waals surface area (Å²) in [7, 11) is 0. The third kappa shape index (κ3) is 0.683. The fraction of sp³-hybridized carbons (Fsp3) is 0.667. The van der Waals surface area contributed by atoms with Gasteiger partial charge >= 0.3 is 11.9 Å². The first kappa shape index (κ1) is 5.70. The largest absolute Gasteiger partial charge is 0.458 e. The number of rotatable bonds is 1. The summed E-state index contributed by atoms with van der Waals surface area (Å²) in [6.07, 6.45) is 0.506. The van der Waals surface area contributed by atoms with E-state index < -0.39 is 0 Å². The van der Waals surface area contributed by atoms with Gasteiger partial charge in [-0.25, -0.2) is 0 Å². The van der Waals surface area contributed by atoms with Gasteiger partial charge in [0, 0.05) is 0 Å². The monoisotopic (exact) mass is 142 g/mol.